The molecule has 4 rings (SSSR count). The monoisotopic (exact) mass is 574 g/mol. The first kappa shape index (κ1) is 29.4. The maximum absolute atomic E-state index is 14.1. The summed E-state index contributed by atoms with van der Waals surface area (Å²) in [5.41, 5.74) is 12.1. The number of rotatable bonds is 10. The zero-order valence-electron chi connectivity index (χ0n) is 22.7. The largest absolute Gasteiger partial charge is 0.494 e. The van der Waals surface area contributed by atoms with Gasteiger partial charge >= 0.3 is 6.18 Å². The molecule has 10 nitrogen and oxygen atoms in total. The van der Waals surface area contributed by atoms with Crippen LogP contribution in [0, 0.1) is 0 Å². The lowest BCUT2D eigenvalue weighted by molar-refractivity contribution is -0.137. The molecule has 1 aliphatic rings. The molecule has 0 radical (unpaired) electrons. The van der Waals surface area contributed by atoms with Gasteiger partial charge in [0.25, 0.3) is 11.9 Å². The van der Waals surface area contributed by atoms with E-state index in [4.69, 9.17) is 16.2 Å². The van der Waals surface area contributed by atoms with Crippen molar-refractivity contribution >= 4 is 35.0 Å². The van der Waals surface area contributed by atoms with Crippen molar-refractivity contribution in [1.29, 1.82) is 0 Å². The van der Waals surface area contributed by atoms with Crippen LogP contribution in [0.4, 0.5) is 40.7 Å². The van der Waals surface area contributed by atoms with E-state index in [2.05, 4.69) is 20.4 Å². The smallest absolute Gasteiger partial charge is 0.421 e. The van der Waals surface area contributed by atoms with Crippen molar-refractivity contribution in [2.75, 3.05) is 30.7 Å². The Hall–Kier alpha value is -4.62. The number of guanidine groups is 1. The Kier molecular flexibility index (Phi) is 8.49. The fraction of sp³-hybridized carbons (Fsp3) is 0.333. The number of amides is 1. The molecule has 0 spiro atoms. The van der Waals surface area contributed by atoms with Gasteiger partial charge in [-0.3, -0.25) is 4.79 Å². The van der Waals surface area contributed by atoms with Crippen molar-refractivity contribution in [3.63, 3.8) is 0 Å². The maximum Gasteiger partial charge on any atom is 0.421 e. The highest BCUT2D eigenvalue weighted by molar-refractivity contribution is 6.04. The summed E-state index contributed by atoms with van der Waals surface area (Å²) in [5.74, 6) is -1.52. The third-order valence-electron chi connectivity index (χ3n) is 6.56. The second-order valence-electron chi connectivity index (χ2n) is 9.28. The number of hydrogen-bond acceptors (Lipinski definition) is 7. The van der Waals surface area contributed by atoms with Crippen molar-refractivity contribution in [3.05, 3.63) is 64.8 Å². The third-order valence-corrected chi connectivity index (χ3v) is 6.56. The molecule has 1 amide bonds. The number of ether oxygens (including phenoxy) is 1. The van der Waals surface area contributed by atoms with Crippen LogP contribution in [0.15, 0.2) is 47.7 Å². The minimum Gasteiger partial charge on any atom is -0.494 e. The number of fused-ring (bicyclic) bond motifs is 1. The van der Waals surface area contributed by atoms with Gasteiger partial charge in [0.2, 0.25) is 5.96 Å². The number of hydrogen-bond donors (Lipinski definition) is 3. The number of hydrazone groups is 1. The van der Waals surface area contributed by atoms with Crippen LogP contribution < -0.4 is 26.5 Å². The first-order chi connectivity index (χ1) is 19.5. The molecule has 1 aromatic heterocycles. The molecule has 1 aliphatic heterocycles. The summed E-state index contributed by atoms with van der Waals surface area (Å²) < 4.78 is 60.9. The molecule has 2 heterocycles. The lowest BCUT2D eigenvalue weighted by atomic mass is 10.0. The molecule has 0 saturated heterocycles. The Bertz CT molecular complexity index is 1460. The van der Waals surface area contributed by atoms with Gasteiger partial charge in [0.15, 0.2) is 0 Å². The molecule has 1 unspecified atom stereocenters. The second kappa shape index (κ2) is 11.9. The van der Waals surface area contributed by atoms with Gasteiger partial charge in [-0.1, -0.05) is 31.5 Å². The lowest BCUT2D eigenvalue weighted by Crippen LogP contribution is -2.29. The summed E-state index contributed by atoms with van der Waals surface area (Å²) in [6.07, 6.45) is -2.60. The summed E-state index contributed by atoms with van der Waals surface area (Å²) in [4.78, 5) is 22.5. The SMILES string of the molecule is CCCc1ccc(N(N=C(N)N)c2ncc(C(F)(F)F)c(Nc3cccc4c3C(=O)N(CCF)C4C)n2)c(OC)c1. The molecule has 3 aromatic rings. The molecule has 41 heavy (non-hydrogen) atoms. The van der Waals surface area contributed by atoms with Gasteiger partial charge in [0.05, 0.1) is 24.4 Å². The quantitative estimate of drug-likeness (QED) is 0.133. The predicted octanol–water partition coefficient (Wildman–Crippen LogP) is 5.01. The number of anilines is 4. The van der Waals surface area contributed by atoms with Crippen molar-refractivity contribution in [2.45, 2.75) is 38.9 Å². The number of carbonyl (C=O) groups excluding carboxylic acids is 1. The average Bonchev–Trinajstić information content (AvgIpc) is 3.17. The van der Waals surface area contributed by atoms with Gasteiger partial charge in [-0.15, -0.1) is 5.10 Å². The molecular weight excluding hydrogens is 544 g/mol. The number of aromatic nitrogens is 2. The molecule has 0 bridgehead atoms. The van der Waals surface area contributed by atoms with Gasteiger partial charge in [0, 0.05) is 12.7 Å². The zero-order chi connectivity index (χ0) is 29.9. The van der Waals surface area contributed by atoms with Crippen LogP contribution in [0.2, 0.25) is 0 Å². The lowest BCUT2D eigenvalue weighted by Gasteiger charge is -2.22. The number of halogens is 4. The number of nitrogens with two attached hydrogens (primary N) is 2. The van der Waals surface area contributed by atoms with Crippen molar-refractivity contribution in [3.8, 4) is 5.75 Å². The number of methoxy groups -OCH3 is 1. The van der Waals surface area contributed by atoms with E-state index in [1.807, 2.05) is 13.0 Å². The molecule has 0 saturated carbocycles. The van der Waals surface area contributed by atoms with Crippen LogP contribution in [-0.2, 0) is 12.6 Å². The first-order valence-corrected chi connectivity index (χ1v) is 12.8. The van der Waals surface area contributed by atoms with Gasteiger partial charge in [-0.2, -0.15) is 23.2 Å². The summed E-state index contributed by atoms with van der Waals surface area (Å²) in [7, 11) is 1.43. The Balaban J connectivity index is 1.84. The Labute approximate surface area is 234 Å². The Morgan fingerprint density at radius 2 is 2.00 bits per heavy atom. The number of carbonyl (C=O) groups is 1. The minimum absolute atomic E-state index is 0.0748. The molecule has 5 N–H and O–H groups in total. The van der Waals surface area contributed by atoms with Gasteiger partial charge < -0.3 is 26.4 Å². The highest BCUT2D eigenvalue weighted by Gasteiger charge is 2.38. The normalized spacial score (nSPS) is 14.6. The molecule has 0 fully saturated rings. The van der Waals surface area contributed by atoms with Crippen molar-refractivity contribution in [1.82, 2.24) is 14.9 Å². The number of alkyl halides is 4. The molecular formula is C27H30F4N8O2. The van der Waals surface area contributed by atoms with E-state index in [-0.39, 0.29) is 29.4 Å². The fourth-order valence-corrected chi connectivity index (χ4v) is 4.70. The number of nitrogens with one attached hydrogen (secondary N) is 1. The first-order valence-electron chi connectivity index (χ1n) is 12.8. The van der Waals surface area contributed by atoms with Crippen LogP contribution >= 0.6 is 0 Å². The van der Waals surface area contributed by atoms with Crippen LogP contribution in [0.5, 0.6) is 5.75 Å². The molecule has 218 valence electrons. The molecule has 1 atom stereocenters. The molecule has 2 aromatic carbocycles. The third kappa shape index (κ3) is 5.95. The summed E-state index contributed by atoms with van der Waals surface area (Å²) in [5, 5.41) is 7.78. The van der Waals surface area contributed by atoms with Crippen LogP contribution in [0.1, 0.15) is 53.4 Å². The fourth-order valence-electron chi connectivity index (χ4n) is 4.70. The van der Waals surface area contributed by atoms with E-state index in [0.717, 1.165) is 23.4 Å². The number of aryl methyl sites for hydroxylation is 1. The van der Waals surface area contributed by atoms with Crippen LogP contribution in [0.3, 0.4) is 0 Å². The summed E-state index contributed by atoms with van der Waals surface area (Å²) in [6, 6.07) is 9.48. The Morgan fingerprint density at radius 1 is 1.24 bits per heavy atom. The van der Waals surface area contributed by atoms with Gasteiger partial charge in [-0.05, 0) is 42.7 Å². The van der Waals surface area contributed by atoms with E-state index < -0.39 is 42.1 Å². The highest BCUT2D eigenvalue weighted by atomic mass is 19.4. The topological polar surface area (TPSA) is 135 Å². The highest BCUT2D eigenvalue weighted by Crippen LogP contribution is 2.41. The molecule has 0 aliphatic carbocycles. The van der Waals surface area contributed by atoms with Crippen LogP contribution in [0.25, 0.3) is 0 Å². The van der Waals surface area contributed by atoms with E-state index in [1.165, 1.54) is 18.1 Å². The van der Waals surface area contributed by atoms with E-state index >= 15 is 0 Å². The zero-order valence-corrected chi connectivity index (χ0v) is 22.7. The number of benzene rings is 2. The minimum atomic E-state index is -4.85. The molecule has 14 heteroatoms. The number of nitrogens with zero attached hydrogens (tertiary/aromatic N) is 5. The van der Waals surface area contributed by atoms with Gasteiger partial charge in [0.1, 0.15) is 29.5 Å². The van der Waals surface area contributed by atoms with Gasteiger partial charge in [-0.25, -0.2) is 9.37 Å². The maximum atomic E-state index is 14.1. The standard InChI is InChI=1S/C27H30F4N8O2/c1-4-6-16-9-10-20(21(13-16)41-3)39(37-25(32)33)26-34-14-18(27(29,30)31)23(36-26)35-19-8-5-7-17-15(2)38(12-11-28)24(40)22(17)19/h5,7-10,13-15H,4,6,11-12H2,1-3H3,(H4,32,33,37)(H,34,35,36). The Morgan fingerprint density at radius 3 is 2.63 bits per heavy atom. The second-order valence-corrected chi connectivity index (χ2v) is 9.28. The van der Waals surface area contributed by atoms with Crippen molar-refractivity contribution < 1.29 is 27.1 Å². The summed E-state index contributed by atoms with van der Waals surface area (Å²) in [6.45, 7) is 2.83. The van der Waals surface area contributed by atoms with E-state index in [1.54, 1.807) is 31.2 Å². The van der Waals surface area contributed by atoms with Crippen LogP contribution in [-0.4, -0.2) is 47.1 Å². The predicted molar refractivity (Wildman–Crippen MR) is 147 cm³/mol. The van der Waals surface area contributed by atoms with E-state index in [0.29, 0.717) is 17.5 Å². The average molecular weight is 575 g/mol. The van der Waals surface area contributed by atoms with E-state index in [9.17, 15) is 22.4 Å². The summed E-state index contributed by atoms with van der Waals surface area (Å²) >= 11 is 0. The van der Waals surface area contributed by atoms with Crippen molar-refractivity contribution in [2.24, 2.45) is 16.6 Å².